The number of ether oxygens (including phenoxy) is 1. The van der Waals surface area contributed by atoms with E-state index in [1.165, 1.54) is 11.6 Å². The van der Waals surface area contributed by atoms with Gasteiger partial charge in [0.25, 0.3) is 0 Å². The van der Waals surface area contributed by atoms with E-state index in [-0.39, 0.29) is 29.1 Å². The van der Waals surface area contributed by atoms with E-state index >= 15 is 0 Å². The first-order chi connectivity index (χ1) is 28.4. The Morgan fingerprint density at radius 3 is 2.51 bits per heavy atom. The second kappa shape index (κ2) is 15.7. The fourth-order valence-electron chi connectivity index (χ4n) is 8.88. The van der Waals surface area contributed by atoms with E-state index in [4.69, 9.17) is 27.1 Å². The molecule has 2 aliphatic carbocycles. The van der Waals surface area contributed by atoms with Crippen LogP contribution in [-0.2, 0) is 30.3 Å². The summed E-state index contributed by atoms with van der Waals surface area (Å²) in [7, 11) is 0. The zero-order valence-electron chi connectivity index (χ0n) is 32.5. The van der Waals surface area contributed by atoms with Gasteiger partial charge in [-0.3, -0.25) is 0 Å². The van der Waals surface area contributed by atoms with Gasteiger partial charge in [0.1, 0.15) is 11.6 Å². The summed E-state index contributed by atoms with van der Waals surface area (Å²) in [5.74, 6) is 1.02. The molecule has 0 bridgehead atoms. The van der Waals surface area contributed by atoms with Gasteiger partial charge in [-0.15, -0.1) is 0 Å². The number of piperidine rings is 1. The molecular formula is C43H46ClF3N8O4. The predicted octanol–water partition coefficient (Wildman–Crippen LogP) is 7.77. The van der Waals surface area contributed by atoms with Crippen LogP contribution in [0.1, 0.15) is 77.4 Å². The molecule has 1 aromatic heterocycles. The zero-order chi connectivity index (χ0) is 41.0. The van der Waals surface area contributed by atoms with Crippen LogP contribution < -0.4 is 16.4 Å². The highest BCUT2D eigenvalue weighted by Crippen LogP contribution is 2.62. The summed E-state index contributed by atoms with van der Waals surface area (Å²) in [6, 6.07) is 13.7. The third-order valence-corrected chi connectivity index (χ3v) is 12.7. The van der Waals surface area contributed by atoms with Gasteiger partial charge in [-0.25, -0.2) is 19.4 Å². The van der Waals surface area contributed by atoms with Gasteiger partial charge in [-0.1, -0.05) is 29.8 Å². The molecule has 0 spiro atoms. The largest absolute Gasteiger partial charge is 0.427 e. The Morgan fingerprint density at radius 1 is 1.02 bits per heavy atom. The van der Waals surface area contributed by atoms with Gasteiger partial charge >= 0.3 is 24.2 Å². The van der Waals surface area contributed by atoms with Gasteiger partial charge < -0.3 is 40.4 Å². The summed E-state index contributed by atoms with van der Waals surface area (Å²) in [5, 5.41) is 5.92. The van der Waals surface area contributed by atoms with E-state index < -0.39 is 35.5 Å². The molecule has 59 heavy (non-hydrogen) atoms. The van der Waals surface area contributed by atoms with Gasteiger partial charge in [0.2, 0.25) is 0 Å². The minimum Gasteiger partial charge on any atom is -0.427 e. The second-order valence-electron chi connectivity index (χ2n) is 16.3. The van der Waals surface area contributed by atoms with Crippen molar-refractivity contribution in [3.63, 3.8) is 0 Å². The van der Waals surface area contributed by atoms with Crippen molar-refractivity contribution in [2.24, 2.45) is 5.92 Å². The Hall–Kier alpha value is -5.28. The van der Waals surface area contributed by atoms with Crippen molar-refractivity contribution >= 4 is 52.0 Å². The molecule has 16 heteroatoms. The van der Waals surface area contributed by atoms with Crippen LogP contribution in [0.4, 0.5) is 34.1 Å². The highest BCUT2D eigenvalue weighted by molar-refractivity contribution is 6.33. The summed E-state index contributed by atoms with van der Waals surface area (Å²) < 4.78 is 50.1. The smallest absolute Gasteiger partial charge is 0.418 e. The van der Waals surface area contributed by atoms with Crippen LogP contribution in [0.3, 0.4) is 0 Å². The molecule has 0 radical (unpaired) electrons. The third kappa shape index (κ3) is 8.19. The first-order valence-electron chi connectivity index (χ1n) is 20.4. The standard InChI is InChI=1S/C43H46ClF3N8O4/c44-32-21-25(20-31(37(32)48)43(45,46)47)22-35(51-41(57)53-17-11-28(12-18-53)54-19-10-26-6-1-2-7-33(26)50-42(54)58)39-49-34-23-27(40(56)59-38-29-24-30(29)38)8-9-36(34)55(39)16-5-15-52-13-3-4-14-52/h1-2,6-9,20-21,23,28-29,35H,3-5,10-19,22,24,48H2,(H,50,58)(H,51,57). The van der Waals surface area contributed by atoms with Gasteiger partial charge in [0.05, 0.1) is 38.9 Å². The van der Waals surface area contributed by atoms with E-state index in [1.54, 1.807) is 17.0 Å². The van der Waals surface area contributed by atoms with Crippen LogP contribution in [0.2, 0.25) is 5.02 Å². The number of carbonyl (C=O) groups excluding carboxylic acids is 3. The molecule has 310 valence electrons. The van der Waals surface area contributed by atoms with Crippen LogP contribution in [0.15, 0.2) is 65.9 Å². The Labute approximate surface area is 344 Å². The average molecular weight is 831 g/mol. The number of hydrogen-bond donors (Lipinski definition) is 3. The van der Waals surface area contributed by atoms with E-state index in [0.29, 0.717) is 68.3 Å². The van der Waals surface area contributed by atoms with Crippen LogP contribution >= 0.6 is 11.6 Å². The minimum atomic E-state index is -4.76. The summed E-state index contributed by atoms with van der Waals surface area (Å²) in [6.07, 6.45) is 1.01. The highest BCUT2D eigenvalue weighted by Gasteiger charge is 2.54. The number of hydrogen-bond acceptors (Lipinski definition) is 7. The summed E-state index contributed by atoms with van der Waals surface area (Å²) in [6.45, 7) is 4.68. The maximum Gasteiger partial charge on any atom is 0.418 e. The number of urea groups is 2. The number of aryl methyl sites for hydroxylation is 1. The summed E-state index contributed by atoms with van der Waals surface area (Å²) in [4.78, 5) is 51.5. The third-order valence-electron chi connectivity index (χ3n) is 12.4. The van der Waals surface area contributed by atoms with Crippen molar-refractivity contribution in [2.75, 3.05) is 50.3 Å². The highest BCUT2D eigenvalue weighted by atomic mass is 35.5. The molecule has 4 aromatic rings. The molecule has 2 atom stereocenters. The number of amides is 4. The van der Waals surface area contributed by atoms with Crippen molar-refractivity contribution in [2.45, 2.75) is 76.2 Å². The number of imidazole rings is 1. The lowest BCUT2D eigenvalue weighted by Gasteiger charge is -2.38. The summed E-state index contributed by atoms with van der Waals surface area (Å²) >= 11 is 6.31. The lowest BCUT2D eigenvalue weighted by Crippen LogP contribution is -2.52. The minimum absolute atomic E-state index is 0.0785. The quantitative estimate of drug-likeness (QED) is 0.104. The number of aromatic nitrogens is 2. The monoisotopic (exact) mass is 830 g/mol. The fraction of sp³-hybridized carbons (Fsp3) is 0.442. The molecule has 3 aromatic carbocycles. The number of alkyl halides is 3. The first kappa shape index (κ1) is 39.2. The molecule has 2 unspecified atom stereocenters. The van der Waals surface area contributed by atoms with Gasteiger partial charge in [-0.05, 0) is 118 Å². The maximum absolute atomic E-state index is 14.3. The lowest BCUT2D eigenvalue weighted by molar-refractivity contribution is -0.137. The first-order valence-corrected chi connectivity index (χ1v) is 20.8. The number of likely N-dealkylation sites (tertiary alicyclic amines) is 2. The van der Waals surface area contributed by atoms with Gasteiger partial charge in [0, 0.05) is 50.2 Å². The fourth-order valence-corrected chi connectivity index (χ4v) is 9.12. The topological polar surface area (TPSA) is 138 Å². The number of benzene rings is 3. The second-order valence-corrected chi connectivity index (χ2v) is 16.7. The van der Waals surface area contributed by atoms with Crippen molar-refractivity contribution < 1.29 is 32.3 Å². The predicted molar refractivity (Wildman–Crippen MR) is 217 cm³/mol. The van der Waals surface area contributed by atoms with E-state index in [2.05, 4.69) is 15.5 Å². The molecule has 4 amide bonds. The molecule has 4 N–H and O–H groups in total. The van der Waals surface area contributed by atoms with E-state index in [9.17, 15) is 27.6 Å². The molecule has 3 fully saturated rings. The zero-order valence-corrected chi connectivity index (χ0v) is 33.2. The number of halogens is 4. The molecule has 5 aliphatic rings. The van der Waals surface area contributed by atoms with Crippen LogP contribution in [0, 0.1) is 5.92 Å². The number of esters is 1. The number of nitrogens with zero attached hydrogens (tertiary/aromatic N) is 5. The van der Waals surface area contributed by atoms with Crippen molar-refractivity contribution in [3.05, 3.63) is 99.0 Å². The Kier molecular flexibility index (Phi) is 10.4. The van der Waals surface area contributed by atoms with E-state index in [1.807, 2.05) is 39.8 Å². The number of anilines is 2. The van der Waals surface area contributed by atoms with Crippen LogP contribution in [-0.4, -0.2) is 87.6 Å². The Bertz CT molecular complexity index is 2350. The Balaban J connectivity index is 0.997. The molecule has 4 heterocycles. The van der Waals surface area contributed by atoms with Crippen LogP contribution in [0.25, 0.3) is 11.0 Å². The number of fused-ring (bicyclic) bond motifs is 3. The lowest BCUT2D eigenvalue weighted by atomic mass is 10.0. The van der Waals surface area contributed by atoms with Gasteiger partial charge in [-0.2, -0.15) is 13.2 Å². The number of rotatable bonds is 11. The number of nitrogens with two attached hydrogens (primary N) is 1. The number of para-hydroxylation sites is 1. The molecule has 1 saturated carbocycles. The average Bonchev–Trinajstić information content (AvgIpc) is 4.04. The van der Waals surface area contributed by atoms with Crippen LogP contribution in [0.5, 0.6) is 0 Å². The molecular weight excluding hydrogens is 785 g/mol. The number of allylic oxidation sites excluding steroid dienone is 2. The Morgan fingerprint density at radius 2 is 1.78 bits per heavy atom. The van der Waals surface area contributed by atoms with Crippen molar-refractivity contribution in [3.8, 4) is 0 Å². The molecule has 12 nitrogen and oxygen atoms in total. The molecule has 3 aliphatic heterocycles. The number of carbonyl (C=O) groups is 3. The molecule has 2 saturated heterocycles. The number of nitrogens with one attached hydrogen (secondary N) is 2. The van der Waals surface area contributed by atoms with Gasteiger partial charge in [0.15, 0.2) is 0 Å². The molecule has 9 rings (SSSR count). The van der Waals surface area contributed by atoms with Crippen molar-refractivity contribution in [1.82, 2.24) is 29.6 Å². The maximum atomic E-state index is 14.3. The summed E-state index contributed by atoms with van der Waals surface area (Å²) in [5.41, 5.74) is 9.01. The van der Waals surface area contributed by atoms with Crippen molar-refractivity contribution in [1.29, 1.82) is 0 Å². The normalized spacial score (nSPS) is 19.9. The van der Waals surface area contributed by atoms with E-state index in [0.717, 1.165) is 73.9 Å². The SMILES string of the molecule is Nc1c(Cl)cc(CC(NC(=O)N2CCC(N3CCc4ccccc4NC3=O)CC2)c2nc3cc(C(=O)OC4=C5CC54)ccc3n2CCCN2CCCC2)cc1C(F)(F)F. The number of nitrogen functional groups attached to an aromatic ring is 1.